The highest BCUT2D eigenvalue weighted by Gasteiger charge is 2.36. The van der Waals surface area contributed by atoms with Crippen LogP contribution in [0.15, 0.2) is 60.5 Å². The maximum absolute atomic E-state index is 12.8. The van der Waals surface area contributed by atoms with Crippen molar-refractivity contribution in [2.24, 2.45) is 5.41 Å². The van der Waals surface area contributed by atoms with Crippen LogP contribution in [0, 0.1) is 5.41 Å². The summed E-state index contributed by atoms with van der Waals surface area (Å²) in [6.07, 6.45) is 8.13. The Balaban J connectivity index is -0.00000120. The number of pyridine rings is 1. The van der Waals surface area contributed by atoms with Gasteiger partial charge in [-0.15, -0.1) is 0 Å². The smallest absolute Gasteiger partial charge is 0.225 e. The third-order valence-corrected chi connectivity index (χ3v) is 6.51. The van der Waals surface area contributed by atoms with Gasteiger partial charge in [-0.25, -0.2) is 0 Å². The van der Waals surface area contributed by atoms with E-state index in [1.807, 2.05) is 72.7 Å². The Kier molecular flexibility index (Phi) is 32.2. The van der Waals surface area contributed by atoms with E-state index in [1.54, 1.807) is 45.5 Å². The molecule has 0 spiro atoms. The van der Waals surface area contributed by atoms with Crippen LogP contribution in [-0.2, 0) is 14.3 Å². The van der Waals surface area contributed by atoms with Gasteiger partial charge in [-0.3, -0.25) is 14.6 Å². The summed E-state index contributed by atoms with van der Waals surface area (Å²) in [5, 5.41) is 6.45. The minimum atomic E-state index is 0.0899. The second-order valence-electron chi connectivity index (χ2n) is 10.2. The lowest BCUT2D eigenvalue weighted by Crippen LogP contribution is -2.45. The van der Waals surface area contributed by atoms with E-state index in [2.05, 4.69) is 35.7 Å². The Labute approximate surface area is 302 Å². The van der Waals surface area contributed by atoms with E-state index in [0.717, 1.165) is 43.7 Å². The molecule has 1 aromatic heterocycles. The number of carbonyl (C=O) groups excluding carboxylic acids is 2. The molecular weight excluding hydrogens is 644 g/mol. The predicted molar refractivity (Wildman–Crippen MR) is 207 cm³/mol. The average Bonchev–Trinajstić information content (AvgIpc) is 3.08. The number of nitrogens with one attached hydrogen (secondary N) is 2. The number of amides is 2. The number of hydrogen-bond acceptors (Lipinski definition) is 8. The predicted octanol–water partition coefficient (Wildman–Crippen LogP) is 8.16. The van der Waals surface area contributed by atoms with Gasteiger partial charge in [0.15, 0.2) is 11.5 Å². The average molecular weight is 709 g/mol. The number of allylic oxidation sites excluding steroid dienone is 4. The molecule has 0 atom stereocenters. The normalized spacial score (nSPS) is 11.9. The molecule has 0 radical (unpaired) electrons. The minimum Gasteiger partial charge on any atom is -0.493 e. The zero-order valence-electron chi connectivity index (χ0n) is 32.3. The molecule has 1 saturated heterocycles. The Hall–Kier alpha value is -3.60. The molecule has 0 saturated carbocycles. The topological polar surface area (TPSA) is 111 Å². The number of aromatic nitrogens is 1. The van der Waals surface area contributed by atoms with Gasteiger partial charge in [0.05, 0.1) is 38.9 Å². The zero-order valence-corrected chi connectivity index (χ0v) is 33.1. The lowest BCUT2D eigenvalue weighted by Gasteiger charge is -2.42. The van der Waals surface area contributed by atoms with E-state index in [-0.39, 0.29) is 17.9 Å². The Morgan fingerprint density at radius 3 is 2.10 bits per heavy atom. The van der Waals surface area contributed by atoms with Crippen molar-refractivity contribution < 1.29 is 28.5 Å². The highest BCUT2D eigenvalue weighted by Crippen LogP contribution is 2.37. The summed E-state index contributed by atoms with van der Waals surface area (Å²) in [6, 6.07) is 5.47. The quantitative estimate of drug-likeness (QED) is 0.115. The summed E-state index contributed by atoms with van der Waals surface area (Å²) in [5.41, 5.74) is 0.951. The van der Waals surface area contributed by atoms with Crippen molar-refractivity contribution in [3.8, 4) is 17.2 Å². The fraction of sp³-hybridized carbons (Fsp3) is 0.553. The molecule has 1 fully saturated rings. The van der Waals surface area contributed by atoms with Crippen LogP contribution in [0.2, 0.25) is 0 Å². The van der Waals surface area contributed by atoms with Crippen LogP contribution in [-0.4, -0.2) is 83.4 Å². The van der Waals surface area contributed by atoms with Gasteiger partial charge in [0.1, 0.15) is 11.5 Å². The van der Waals surface area contributed by atoms with E-state index in [0.29, 0.717) is 47.2 Å². The number of methoxy groups -OCH3 is 1. The Morgan fingerprint density at radius 2 is 1.67 bits per heavy atom. The van der Waals surface area contributed by atoms with Crippen LogP contribution < -0.4 is 24.8 Å². The Bertz CT molecular complexity index is 1210. The number of fused-ring (bicyclic) bond motifs is 1. The molecule has 0 unspecified atom stereocenters. The van der Waals surface area contributed by atoms with E-state index in [1.165, 1.54) is 0 Å². The van der Waals surface area contributed by atoms with Crippen molar-refractivity contribution in [3.63, 3.8) is 0 Å². The summed E-state index contributed by atoms with van der Waals surface area (Å²) in [4.78, 5) is 28.2. The molecule has 11 heteroatoms. The maximum atomic E-state index is 12.8. The molecule has 2 N–H and O–H groups in total. The highest BCUT2D eigenvalue weighted by atomic mass is 35.5. The van der Waals surface area contributed by atoms with Crippen LogP contribution in [0.25, 0.3) is 10.9 Å². The molecule has 2 amide bonds. The van der Waals surface area contributed by atoms with Gasteiger partial charge in [-0.05, 0) is 65.9 Å². The third-order valence-electron chi connectivity index (χ3n) is 6.51. The number of rotatable bonds is 14. The van der Waals surface area contributed by atoms with Crippen molar-refractivity contribution in [3.05, 3.63) is 60.5 Å². The van der Waals surface area contributed by atoms with E-state index in [9.17, 15) is 4.79 Å². The van der Waals surface area contributed by atoms with Crippen LogP contribution in [0.4, 0.5) is 0 Å². The van der Waals surface area contributed by atoms with E-state index in [4.69, 9.17) is 35.3 Å². The first-order valence-corrected chi connectivity index (χ1v) is 17.3. The minimum absolute atomic E-state index is 0.0899. The van der Waals surface area contributed by atoms with E-state index < -0.39 is 0 Å². The maximum Gasteiger partial charge on any atom is 0.225 e. The standard InChI is InChI=1S/C27H36N2O5.C3H5Cl.C2H5NO.C2H7N.2C2H6/c1-6-9-20(4)34-23-10-13-28-22-17-25(24(31-5)16-21(22)23)33-15-11-26(30)29(8-3)14-12-27(7-2)18-32-19-27;1-3(2)4;1-3-2-4;1-3-2;2*1-2/h6,9-10,13,16-17H,1,7-8,11-12,14-15,18-19H2,2-5H3;1H2,2H3;2H,1H3,(H,3,4);3H,1-2H3;2*1-2H3/b20-9+;;;;;. The number of halogens is 1. The summed E-state index contributed by atoms with van der Waals surface area (Å²) in [7, 11) is 6.90. The van der Waals surface area contributed by atoms with Gasteiger partial charge >= 0.3 is 0 Å². The molecule has 3 rings (SSSR count). The van der Waals surface area contributed by atoms with Gasteiger partial charge < -0.3 is 34.5 Å². The van der Waals surface area contributed by atoms with Crippen LogP contribution in [0.5, 0.6) is 17.2 Å². The zero-order chi connectivity index (χ0) is 38.3. The number of benzene rings is 1. The third kappa shape index (κ3) is 21.2. The summed E-state index contributed by atoms with van der Waals surface area (Å²) < 4.78 is 22.8. The molecule has 0 bridgehead atoms. The summed E-state index contributed by atoms with van der Waals surface area (Å²) in [6.45, 7) is 26.1. The van der Waals surface area contributed by atoms with Crippen LogP contribution in [0.1, 0.15) is 74.7 Å². The molecule has 0 aliphatic carbocycles. The molecule has 280 valence electrons. The molecule has 2 heterocycles. The number of ether oxygens (including phenoxy) is 4. The summed E-state index contributed by atoms with van der Waals surface area (Å²) in [5.74, 6) is 2.58. The van der Waals surface area contributed by atoms with Gasteiger partial charge in [0, 0.05) is 48.2 Å². The molecule has 1 aromatic carbocycles. The fourth-order valence-corrected chi connectivity index (χ4v) is 4.02. The molecule has 10 nitrogen and oxygen atoms in total. The SMILES string of the molecule is C=C(C)Cl.C=C/C=C(\C)Oc1ccnc2cc(OCCC(=O)N(CC)CCC3(CC)COC3)c(OC)cc12.CC.CC.CNC.CNC=O. The van der Waals surface area contributed by atoms with Crippen molar-refractivity contribution in [2.75, 3.05) is 61.2 Å². The van der Waals surface area contributed by atoms with Crippen molar-refractivity contribution in [1.29, 1.82) is 0 Å². The van der Waals surface area contributed by atoms with Crippen molar-refractivity contribution in [2.45, 2.75) is 74.7 Å². The van der Waals surface area contributed by atoms with Gasteiger partial charge in [-0.1, -0.05) is 65.5 Å². The van der Waals surface area contributed by atoms with Gasteiger partial charge in [0.2, 0.25) is 12.3 Å². The molecule has 49 heavy (non-hydrogen) atoms. The molecule has 2 aromatic rings. The Morgan fingerprint density at radius 1 is 1.10 bits per heavy atom. The first-order chi connectivity index (χ1) is 23.5. The first-order valence-electron chi connectivity index (χ1n) is 16.9. The lowest BCUT2D eigenvalue weighted by atomic mass is 9.80. The second-order valence-corrected chi connectivity index (χ2v) is 10.8. The van der Waals surface area contributed by atoms with Gasteiger partial charge in [-0.2, -0.15) is 0 Å². The largest absolute Gasteiger partial charge is 0.493 e. The first kappa shape index (κ1) is 49.8. The summed E-state index contributed by atoms with van der Waals surface area (Å²) >= 11 is 5.08. The molecule has 1 aliphatic heterocycles. The molecular formula is C38H65ClN4O6. The lowest BCUT2D eigenvalue weighted by molar-refractivity contribution is -0.137. The van der Waals surface area contributed by atoms with Crippen molar-refractivity contribution >= 4 is 34.8 Å². The van der Waals surface area contributed by atoms with Gasteiger partial charge in [0.25, 0.3) is 0 Å². The fourth-order valence-electron chi connectivity index (χ4n) is 4.02. The van der Waals surface area contributed by atoms with Crippen molar-refractivity contribution in [1.82, 2.24) is 20.5 Å². The number of hydrogen-bond donors (Lipinski definition) is 2. The van der Waals surface area contributed by atoms with Crippen LogP contribution in [0.3, 0.4) is 0 Å². The highest BCUT2D eigenvalue weighted by molar-refractivity contribution is 6.28. The van der Waals surface area contributed by atoms with E-state index >= 15 is 0 Å². The number of nitrogens with zero attached hydrogens (tertiary/aromatic N) is 2. The second kappa shape index (κ2) is 31.7. The van der Waals surface area contributed by atoms with Crippen LogP contribution >= 0.6 is 11.6 Å². The monoisotopic (exact) mass is 708 g/mol. The molecule has 1 aliphatic rings. The number of carbonyl (C=O) groups is 2.